The first-order chi connectivity index (χ1) is 14.6. The van der Waals surface area contributed by atoms with Crippen molar-refractivity contribution >= 4 is 23.6 Å². The molecule has 1 unspecified atom stereocenters. The molecule has 2 fully saturated rings. The maximum Gasteiger partial charge on any atom is 0.414 e. The highest BCUT2D eigenvalue weighted by Gasteiger charge is 2.34. The summed E-state index contributed by atoms with van der Waals surface area (Å²) >= 11 is 0. The molecule has 168 valence electrons. The minimum Gasteiger partial charge on any atom is -0.444 e. The summed E-state index contributed by atoms with van der Waals surface area (Å²) in [4.78, 5) is 31.8. The number of hydrogen-bond donors (Lipinski definition) is 0. The fourth-order valence-electron chi connectivity index (χ4n) is 3.65. The van der Waals surface area contributed by atoms with Gasteiger partial charge in [0, 0.05) is 31.1 Å². The monoisotopic (exact) mass is 434 g/mol. The van der Waals surface area contributed by atoms with Gasteiger partial charge in [-0.3, -0.25) is 4.90 Å². The first kappa shape index (κ1) is 22.5. The number of likely N-dealkylation sites (tertiary alicyclic amines) is 1. The number of halogens is 1. The maximum absolute atomic E-state index is 14.9. The van der Waals surface area contributed by atoms with Gasteiger partial charge in [-0.15, -0.1) is 0 Å². The predicted molar refractivity (Wildman–Crippen MR) is 113 cm³/mol. The molecule has 2 atom stereocenters. The smallest absolute Gasteiger partial charge is 0.414 e. The standard InChI is InChI=1S/C20H27FN6O4/c1-20(2,3)31-18(28)26-8-7-14(11-26)25(4)17-6-5-13(9-16(17)21)27-12-15(10-23-24-22)30-19(27)29/h5-6,9,14-15H,7-8,10-12H2,1-4H3/t14?,15-/m0/s1. The number of cyclic esters (lactones) is 1. The molecule has 11 heteroatoms. The average molecular weight is 434 g/mol. The van der Waals surface area contributed by atoms with E-state index >= 15 is 0 Å². The zero-order valence-corrected chi connectivity index (χ0v) is 18.1. The van der Waals surface area contributed by atoms with Crippen molar-refractivity contribution in [1.82, 2.24) is 4.90 Å². The fraction of sp³-hybridized carbons (Fsp3) is 0.600. The highest BCUT2D eigenvalue weighted by molar-refractivity contribution is 5.90. The second-order valence-corrected chi connectivity index (χ2v) is 8.65. The van der Waals surface area contributed by atoms with Gasteiger partial charge in [-0.25, -0.2) is 14.0 Å². The molecule has 31 heavy (non-hydrogen) atoms. The number of azide groups is 1. The molecule has 1 aromatic carbocycles. The molecular weight excluding hydrogens is 407 g/mol. The van der Waals surface area contributed by atoms with Crippen LogP contribution in [0.15, 0.2) is 23.3 Å². The number of hydrogen-bond acceptors (Lipinski definition) is 6. The fourth-order valence-corrected chi connectivity index (χ4v) is 3.65. The molecule has 0 aromatic heterocycles. The minimum absolute atomic E-state index is 0.0257. The molecule has 1 aromatic rings. The van der Waals surface area contributed by atoms with Crippen LogP contribution in [0.25, 0.3) is 10.4 Å². The quantitative estimate of drug-likeness (QED) is 0.396. The lowest BCUT2D eigenvalue weighted by Gasteiger charge is -2.28. The van der Waals surface area contributed by atoms with Gasteiger partial charge < -0.3 is 19.3 Å². The van der Waals surface area contributed by atoms with Crippen LogP contribution < -0.4 is 9.80 Å². The largest absolute Gasteiger partial charge is 0.444 e. The van der Waals surface area contributed by atoms with E-state index in [-0.39, 0.29) is 25.2 Å². The Balaban J connectivity index is 1.66. The summed E-state index contributed by atoms with van der Waals surface area (Å²) in [6.45, 7) is 6.63. The number of rotatable bonds is 5. The molecule has 2 amide bonds. The van der Waals surface area contributed by atoms with Crippen molar-refractivity contribution in [2.24, 2.45) is 5.11 Å². The summed E-state index contributed by atoms with van der Waals surface area (Å²) in [5.41, 5.74) is 8.57. The van der Waals surface area contributed by atoms with Crippen molar-refractivity contribution in [1.29, 1.82) is 0 Å². The molecule has 2 aliphatic heterocycles. The van der Waals surface area contributed by atoms with Crippen LogP contribution in [-0.2, 0) is 9.47 Å². The molecule has 3 rings (SSSR count). The number of benzene rings is 1. The van der Waals surface area contributed by atoms with Crippen molar-refractivity contribution < 1.29 is 23.5 Å². The van der Waals surface area contributed by atoms with Crippen molar-refractivity contribution in [3.63, 3.8) is 0 Å². The second kappa shape index (κ2) is 8.89. The van der Waals surface area contributed by atoms with E-state index in [0.29, 0.717) is 30.9 Å². The third kappa shape index (κ3) is 5.29. The summed E-state index contributed by atoms with van der Waals surface area (Å²) in [5.74, 6) is -0.484. The molecule has 0 spiro atoms. The molecule has 0 bridgehead atoms. The van der Waals surface area contributed by atoms with Gasteiger partial charge in [-0.1, -0.05) is 5.11 Å². The SMILES string of the molecule is CN(c1ccc(N2C[C@H](CN=[N+]=[N-])OC2=O)cc1F)C1CCN(C(=O)OC(C)(C)C)C1. The van der Waals surface area contributed by atoms with Crippen LogP contribution in [0, 0.1) is 5.82 Å². The van der Waals surface area contributed by atoms with E-state index in [4.69, 9.17) is 15.0 Å². The van der Waals surface area contributed by atoms with Gasteiger partial charge in [0.15, 0.2) is 0 Å². The lowest BCUT2D eigenvalue weighted by molar-refractivity contribution is 0.0292. The van der Waals surface area contributed by atoms with Gasteiger partial charge in [0.05, 0.1) is 24.5 Å². The Kier molecular flexibility index (Phi) is 6.45. The zero-order valence-electron chi connectivity index (χ0n) is 18.1. The first-order valence-corrected chi connectivity index (χ1v) is 10.1. The summed E-state index contributed by atoms with van der Waals surface area (Å²) in [7, 11) is 1.78. The summed E-state index contributed by atoms with van der Waals surface area (Å²) < 4.78 is 25.5. The second-order valence-electron chi connectivity index (χ2n) is 8.65. The Labute approximate surface area is 180 Å². The van der Waals surface area contributed by atoms with Crippen LogP contribution in [-0.4, -0.2) is 68.1 Å². The number of likely N-dealkylation sites (N-methyl/N-ethyl adjacent to an activating group) is 1. The molecule has 10 nitrogen and oxygen atoms in total. The lowest BCUT2D eigenvalue weighted by atomic mass is 10.1. The number of nitrogens with zero attached hydrogens (tertiary/aromatic N) is 6. The highest BCUT2D eigenvalue weighted by Crippen LogP contribution is 2.30. The van der Waals surface area contributed by atoms with Crippen LogP contribution in [0.1, 0.15) is 27.2 Å². The third-order valence-electron chi connectivity index (χ3n) is 5.21. The van der Waals surface area contributed by atoms with E-state index in [1.807, 2.05) is 20.8 Å². The molecule has 0 radical (unpaired) electrons. The Bertz CT molecular complexity index is 898. The average Bonchev–Trinajstić information content (AvgIpc) is 3.31. The lowest BCUT2D eigenvalue weighted by Crippen LogP contribution is -2.39. The third-order valence-corrected chi connectivity index (χ3v) is 5.21. The van der Waals surface area contributed by atoms with Gasteiger partial charge >= 0.3 is 12.2 Å². The molecule has 0 saturated carbocycles. The first-order valence-electron chi connectivity index (χ1n) is 10.1. The molecule has 0 N–H and O–H groups in total. The highest BCUT2D eigenvalue weighted by atomic mass is 19.1. The maximum atomic E-state index is 14.9. The van der Waals surface area contributed by atoms with Crippen molar-refractivity contribution in [3.05, 3.63) is 34.5 Å². The van der Waals surface area contributed by atoms with Crippen molar-refractivity contribution in [3.8, 4) is 0 Å². The Morgan fingerprint density at radius 1 is 1.42 bits per heavy atom. The number of carbonyl (C=O) groups is 2. The van der Waals surface area contributed by atoms with E-state index in [1.54, 1.807) is 29.0 Å². The van der Waals surface area contributed by atoms with E-state index in [1.165, 1.54) is 11.0 Å². The van der Waals surface area contributed by atoms with Gasteiger partial charge in [-0.2, -0.15) is 0 Å². The predicted octanol–water partition coefficient (Wildman–Crippen LogP) is 3.91. The minimum atomic E-state index is -0.609. The van der Waals surface area contributed by atoms with Gasteiger partial charge in [0.1, 0.15) is 17.5 Å². The van der Waals surface area contributed by atoms with Crippen molar-refractivity contribution in [2.45, 2.75) is 44.9 Å². The number of carbonyl (C=O) groups excluding carboxylic acids is 2. The molecular formula is C20H27FN6O4. The normalized spacial score (nSPS) is 21.0. The van der Waals surface area contributed by atoms with Crippen LogP contribution >= 0.6 is 0 Å². The molecule has 0 aliphatic carbocycles. The van der Waals surface area contributed by atoms with E-state index < -0.39 is 23.6 Å². The van der Waals surface area contributed by atoms with Gasteiger partial charge in [0.25, 0.3) is 0 Å². The van der Waals surface area contributed by atoms with Crippen LogP contribution in [0.5, 0.6) is 0 Å². The Morgan fingerprint density at radius 3 is 2.81 bits per heavy atom. The van der Waals surface area contributed by atoms with Crippen molar-refractivity contribution in [2.75, 3.05) is 43.0 Å². The van der Waals surface area contributed by atoms with Gasteiger partial charge in [-0.05, 0) is 50.9 Å². The summed E-state index contributed by atoms with van der Waals surface area (Å²) in [6.07, 6.45) is -0.855. The zero-order chi connectivity index (χ0) is 22.8. The molecule has 2 saturated heterocycles. The summed E-state index contributed by atoms with van der Waals surface area (Å²) in [6, 6.07) is 4.48. The Morgan fingerprint density at radius 2 is 2.16 bits per heavy atom. The number of ether oxygens (including phenoxy) is 2. The van der Waals surface area contributed by atoms with Crippen LogP contribution in [0.4, 0.5) is 25.4 Å². The van der Waals surface area contributed by atoms with E-state index in [2.05, 4.69) is 10.0 Å². The van der Waals surface area contributed by atoms with E-state index in [0.717, 1.165) is 0 Å². The number of amides is 2. The molecule has 2 heterocycles. The van der Waals surface area contributed by atoms with Crippen LogP contribution in [0.3, 0.4) is 0 Å². The summed E-state index contributed by atoms with van der Waals surface area (Å²) in [5, 5.41) is 3.41. The topological polar surface area (TPSA) is 111 Å². The van der Waals surface area contributed by atoms with E-state index in [9.17, 15) is 14.0 Å². The van der Waals surface area contributed by atoms with Gasteiger partial charge in [0.2, 0.25) is 0 Å². The Hall–Kier alpha value is -3.20. The molecule has 2 aliphatic rings. The van der Waals surface area contributed by atoms with Crippen LogP contribution in [0.2, 0.25) is 0 Å². The number of anilines is 2.